The van der Waals surface area contributed by atoms with Gasteiger partial charge in [-0.15, -0.1) is 0 Å². The van der Waals surface area contributed by atoms with Gasteiger partial charge < -0.3 is 9.72 Å². The van der Waals surface area contributed by atoms with E-state index in [1.807, 2.05) is 19.1 Å². The van der Waals surface area contributed by atoms with Gasteiger partial charge in [0.15, 0.2) is 5.82 Å². The van der Waals surface area contributed by atoms with E-state index < -0.39 is 0 Å². The Bertz CT molecular complexity index is 593. The zero-order chi connectivity index (χ0) is 13.0. The summed E-state index contributed by atoms with van der Waals surface area (Å²) < 4.78 is 4.99. The zero-order valence-electron chi connectivity index (χ0n) is 10.4. The molecule has 0 bridgehead atoms. The number of aromatic amines is 1. The van der Waals surface area contributed by atoms with E-state index in [9.17, 15) is 4.79 Å². The Morgan fingerprint density at radius 2 is 2.28 bits per heavy atom. The van der Waals surface area contributed by atoms with Crippen LogP contribution in [0.1, 0.15) is 18.2 Å². The van der Waals surface area contributed by atoms with Crippen LogP contribution in [0.15, 0.2) is 29.2 Å². The van der Waals surface area contributed by atoms with Gasteiger partial charge in [0.2, 0.25) is 0 Å². The maximum atomic E-state index is 11.6. The number of pyridine rings is 1. The van der Waals surface area contributed by atoms with Crippen LogP contribution in [0.4, 0.5) is 0 Å². The van der Waals surface area contributed by atoms with Crippen molar-refractivity contribution in [3.05, 3.63) is 46.0 Å². The van der Waals surface area contributed by atoms with Gasteiger partial charge in [-0.05, 0) is 18.1 Å². The molecule has 5 nitrogen and oxygen atoms in total. The fourth-order valence-electron chi connectivity index (χ4n) is 1.78. The first-order valence-electron chi connectivity index (χ1n) is 5.78. The molecule has 2 aromatic heterocycles. The molecule has 0 aliphatic carbocycles. The number of hydrogen-bond donors (Lipinski definition) is 1. The molecular weight excluding hydrogens is 230 g/mol. The first-order valence-corrected chi connectivity index (χ1v) is 5.78. The fraction of sp³-hybridized carbons (Fsp3) is 0.308. The second kappa shape index (κ2) is 5.55. The second-order valence-electron chi connectivity index (χ2n) is 3.88. The van der Waals surface area contributed by atoms with Gasteiger partial charge in [0.1, 0.15) is 5.69 Å². The molecular formula is C13H15N3O2. The van der Waals surface area contributed by atoms with Crippen molar-refractivity contribution in [2.24, 2.45) is 0 Å². The largest absolute Gasteiger partial charge is 0.378 e. The van der Waals surface area contributed by atoms with E-state index in [4.69, 9.17) is 4.74 Å². The van der Waals surface area contributed by atoms with Gasteiger partial charge in [-0.2, -0.15) is 0 Å². The van der Waals surface area contributed by atoms with E-state index >= 15 is 0 Å². The second-order valence-corrected chi connectivity index (χ2v) is 3.88. The van der Waals surface area contributed by atoms with Crippen LogP contribution in [-0.2, 0) is 17.8 Å². The third kappa shape index (κ3) is 2.62. The SMILES string of the molecule is CCc1cccnc1-c1nc(COC)cc(=O)[nH]1. The summed E-state index contributed by atoms with van der Waals surface area (Å²) in [5.74, 6) is 0.493. The summed E-state index contributed by atoms with van der Waals surface area (Å²) in [7, 11) is 1.57. The van der Waals surface area contributed by atoms with E-state index in [0.717, 1.165) is 17.7 Å². The first kappa shape index (κ1) is 12.4. The number of H-pyrrole nitrogens is 1. The number of nitrogens with zero attached hydrogens (tertiary/aromatic N) is 2. The number of hydrogen-bond acceptors (Lipinski definition) is 4. The average Bonchev–Trinajstić information content (AvgIpc) is 2.38. The third-order valence-electron chi connectivity index (χ3n) is 2.58. The molecule has 18 heavy (non-hydrogen) atoms. The summed E-state index contributed by atoms with van der Waals surface area (Å²) >= 11 is 0. The molecule has 94 valence electrons. The Kier molecular flexibility index (Phi) is 3.84. The lowest BCUT2D eigenvalue weighted by Crippen LogP contribution is -2.12. The molecule has 0 radical (unpaired) electrons. The molecule has 2 heterocycles. The smallest absolute Gasteiger partial charge is 0.251 e. The standard InChI is InChI=1S/C13H15N3O2/c1-3-9-5-4-6-14-12(9)13-15-10(8-18-2)7-11(17)16-13/h4-7H,3,8H2,1-2H3,(H,15,16,17). The Labute approximate surface area is 105 Å². The average molecular weight is 245 g/mol. The van der Waals surface area contributed by atoms with Crippen LogP contribution < -0.4 is 5.56 Å². The molecule has 1 N–H and O–H groups in total. The fourth-order valence-corrected chi connectivity index (χ4v) is 1.78. The Balaban J connectivity index is 2.53. The van der Waals surface area contributed by atoms with E-state index in [-0.39, 0.29) is 5.56 Å². The van der Waals surface area contributed by atoms with Gasteiger partial charge >= 0.3 is 0 Å². The Morgan fingerprint density at radius 3 is 3.00 bits per heavy atom. The molecule has 0 atom stereocenters. The molecule has 2 aromatic rings. The number of methoxy groups -OCH3 is 1. The Morgan fingerprint density at radius 1 is 1.44 bits per heavy atom. The van der Waals surface area contributed by atoms with E-state index in [2.05, 4.69) is 15.0 Å². The van der Waals surface area contributed by atoms with Crippen LogP contribution in [-0.4, -0.2) is 22.1 Å². The third-order valence-corrected chi connectivity index (χ3v) is 2.58. The number of rotatable bonds is 4. The molecule has 5 heteroatoms. The topological polar surface area (TPSA) is 67.9 Å². The molecule has 0 saturated carbocycles. The lowest BCUT2D eigenvalue weighted by Gasteiger charge is -2.06. The van der Waals surface area contributed by atoms with Crippen molar-refractivity contribution in [2.75, 3.05) is 7.11 Å². The van der Waals surface area contributed by atoms with Crippen LogP contribution >= 0.6 is 0 Å². The lowest BCUT2D eigenvalue weighted by atomic mass is 10.1. The molecule has 0 aliphatic rings. The quantitative estimate of drug-likeness (QED) is 0.887. The Hall–Kier alpha value is -2.01. The van der Waals surface area contributed by atoms with Crippen molar-refractivity contribution in [1.82, 2.24) is 15.0 Å². The van der Waals surface area contributed by atoms with Gasteiger partial charge in [-0.25, -0.2) is 4.98 Å². The molecule has 0 fully saturated rings. The monoisotopic (exact) mass is 245 g/mol. The van der Waals surface area contributed by atoms with Gasteiger partial charge in [0.05, 0.1) is 12.3 Å². The molecule has 0 amide bonds. The van der Waals surface area contributed by atoms with Crippen molar-refractivity contribution in [2.45, 2.75) is 20.0 Å². The van der Waals surface area contributed by atoms with Gasteiger partial charge in [-0.3, -0.25) is 9.78 Å². The molecule has 0 saturated heterocycles. The summed E-state index contributed by atoms with van der Waals surface area (Å²) in [6.07, 6.45) is 2.53. The van der Waals surface area contributed by atoms with Crippen LogP contribution in [0.5, 0.6) is 0 Å². The first-order chi connectivity index (χ1) is 8.74. The van der Waals surface area contributed by atoms with Crippen LogP contribution in [0.25, 0.3) is 11.5 Å². The lowest BCUT2D eigenvalue weighted by molar-refractivity contribution is 0.181. The highest BCUT2D eigenvalue weighted by Gasteiger charge is 2.09. The highest BCUT2D eigenvalue weighted by atomic mass is 16.5. The summed E-state index contributed by atoms with van der Waals surface area (Å²) in [5.41, 5.74) is 2.17. The molecule has 0 spiro atoms. The van der Waals surface area contributed by atoms with Crippen molar-refractivity contribution < 1.29 is 4.74 Å². The molecule has 0 aliphatic heterocycles. The van der Waals surface area contributed by atoms with Crippen molar-refractivity contribution >= 4 is 0 Å². The zero-order valence-corrected chi connectivity index (χ0v) is 10.4. The number of nitrogens with one attached hydrogen (secondary N) is 1. The van der Waals surface area contributed by atoms with Gasteiger partial charge in [0.25, 0.3) is 5.56 Å². The summed E-state index contributed by atoms with van der Waals surface area (Å²) in [4.78, 5) is 22.9. The summed E-state index contributed by atoms with van der Waals surface area (Å²) in [5, 5.41) is 0. The van der Waals surface area contributed by atoms with Crippen LogP contribution in [0.2, 0.25) is 0 Å². The van der Waals surface area contributed by atoms with E-state index in [1.54, 1.807) is 13.3 Å². The highest BCUT2D eigenvalue weighted by Crippen LogP contribution is 2.16. The molecule has 0 aromatic carbocycles. The minimum Gasteiger partial charge on any atom is -0.378 e. The molecule has 0 unspecified atom stereocenters. The maximum Gasteiger partial charge on any atom is 0.251 e. The number of ether oxygens (including phenoxy) is 1. The molecule has 2 rings (SSSR count). The van der Waals surface area contributed by atoms with Crippen molar-refractivity contribution in [3.8, 4) is 11.5 Å². The predicted octanol–water partition coefficient (Wildman–Crippen LogP) is 1.54. The van der Waals surface area contributed by atoms with Gasteiger partial charge in [-0.1, -0.05) is 13.0 Å². The van der Waals surface area contributed by atoms with Gasteiger partial charge in [0, 0.05) is 19.4 Å². The predicted molar refractivity (Wildman–Crippen MR) is 68.2 cm³/mol. The number of aromatic nitrogens is 3. The van der Waals surface area contributed by atoms with Crippen molar-refractivity contribution in [3.63, 3.8) is 0 Å². The van der Waals surface area contributed by atoms with Crippen molar-refractivity contribution in [1.29, 1.82) is 0 Å². The highest BCUT2D eigenvalue weighted by molar-refractivity contribution is 5.54. The number of aryl methyl sites for hydroxylation is 1. The minimum absolute atomic E-state index is 0.195. The van der Waals surface area contributed by atoms with Crippen LogP contribution in [0.3, 0.4) is 0 Å². The summed E-state index contributed by atoms with van der Waals surface area (Å²) in [6, 6.07) is 5.28. The van der Waals surface area contributed by atoms with Crippen LogP contribution in [0, 0.1) is 0 Å². The van der Waals surface area contributed by atoms with E-state index in [0.29, 0.717) is 18.1 Å². The van der Waals surface area contributed by atoms with E-state index in [1.165, 1.54) is 6.07 Å². The summed E-state index contributed by atoms with van der Waals surface area (Å²) in [6.45, 7) is 2.35. The minimum atomic E-state index is -0.195. The normalized spacial score (nSPS) is 10.6. The maximum absolute atomic E-state index is 11.6.